The number of aromatic amines is 1. The molecule has 2 aromatic heterocycles. The van der Waals surface area contributed by atoms with E-state index in [1.54, 1.807) is 6.20 Å². The van der Waals surface area contributed by atoms with E-state index in [0.29, 0.717) is 11.6 Å². The van der Waals surface area contributed by atoms with Gasteiger partial charge in [-0.1, -0.05) is 0 Å². The van der Waals surface area contributed by atoms with Crippen molar-refractivity contribution in [2.24, 2.45) is 0 Å². The normalized spacial score (nSPS) is 10.3. The lowest BCUT2D eigenvalue weighted by atomic mass is 10.3. The van der Waals surface area contributed by atoms with Crippen LogP contribution in [0.15, 0.2) is 12.3 Å². The molecule has 0 bridgehead atoms. The zero-order valence-electron chi connectivity index (χ0n) is 8.57. The Balaban J connectivity index is 2.27. The van der Waals surface area contributed by atoms with Crippen molar-refractivity contribution >= 4 is 17.6 Å². The first-order chi connectivity index (χ1) is 7.15. The lowest BCUT2D eigenvalue weighted by Crippen LogP contribution is -2.02. The molecule has 0 aliphatic heterocycles. The van der Waals surface area contributed by atoms with Gasteiger partial charge in [0.1, 0.15) is 5.82 Å². The fourth-order valence-electron chi connectivity index (χ4n) is 1.19. The van der Waals surface area contributed by atoms with E-state index < -0.39 is 0 Å². The van der Waals surface area contributed by atoms with Crippen molar-refractivity contribution in [1.82, 2.24) is 20.2 Å². The van der Waals surface area contributed by atoms with Gasteiger partial charge in [0.2, 0.25) is 5.95 Å². The molecule has 0 unspecified atom stereocenters. The average Bonchev–Trinajstić information content (AvgIpc) is 2.58. The lowest BCUT2D eigenvalue weighted by Gasteiger charge is -2.05. The third kappa shape index (κ3) is 2.04. The molecule has 0 aliphatic rings. The highest BCUT2D eigenvalue weighted by Gasteiger charge is 2.04. The molecule has 6 heteroatoms. The Labute approximate surface area is 86.9 Å². The summed E-state index contributed by atoms with van der Waals surface area (Å²) in [5.74, 6) is 1.64. The Morgan fingerprint density at radius 1 is 1.40 bits per heavy atom. The van der Waals surface area contributed by atoms with Crippen LogP contribution in [0.5, 0.6) is 0 Å². The van der Waals surface area contributed by atoms with Gasteiger partial charge in [-0.25, -0.2) is 4.98 Å². The standard InChI is InChI=1S/C9H12N6/c1-5-4-11-9(10)13-8(5)12-7-3-6(2)14-15-7/h3-4H,1-2H3,(H4,10,11,12,13,14,15). The van der Waals surface area contributed by atoms with Crippen LogP contribution >= 0.6 is 0 Å². The van der Waals surface area contributed by atoms with Gasteiger partial charge in [0.05, 0.1) is 0 Å². The fourth-order valence-corrected chi connectivity index (χ4v) is 1.19. The molecule has 0 atom stereocenters. The van der Waals surface area contributed by atoms with Crippen LogP contribution in [0.25, 0.3) is 0 Å². The van der Waals surface area contributed by atoms with Gasteiger partial charge in [0.25, 0.3) is 0 Å². The highest BCUT2D eigenvalue weighted by Crippen LogP contribution is 2.16. The van der Waals surface area contributed by atoms with E-state index in [-0.39, 0.29) is 5.95 Å². The summed E-state index contributed by atoms with van der Waals surface area (Å²) in [6.07, 6.45) is 1.67. The molecule has 2 heterocycles. The minimum absolute atomic E-state index is 0.246. The molecule has 0 amide bonds. The van der Waals surface area contributed by atoms with Crippen LogP contribution in [0, 0.1) is 13.8 Å². The van der Waals surface area contributed by atoms with Gasteiger partial charge < -0.3 is 11.1 Å². The van der Waals surface area contributed by atoms with Gasteiger partial charge in [-0.3, -0.25) is 5.10 Å². The first-order valence-electron chi connectivity index (χ1n) is 4.53. The summed E-state index contributed by atoms with van der Waals surface area (Å²) >= 11 is 0. The summed E-state index contributed by atoms with van der Waals surface area (Å²) in [4.78, 5) is 7.96. The molecule has 0 spiro atoms. The molecule has 0 aliphatic carbocycles. The Kier molecular flexibility index (Phi) is 2.24. The SMILES string of the molecule is Cc1cc(Nc2nc(N)ncc2C)n[nH]1. The summed E-state index contributed by atoms with van der Waals surface area (Å²) in [6.45, 7) is 3.83. The topological polar surface area (TPSA) is 92.5 Å². The maximum absolute atomic E-state index is 5.50. The van der Waals surface area contributed by atoms with E-state index in [2.05, 4.69) is 25.5 Å². The second-order valence-corrected chi connectivity index (χ2v) is 3.32. The van der Waals surface area contributed by atoms with Crippen LogP contribution in [0.3, 0.4) is 0 Å². The fraction of sp³-hybridized carbons (Fsp3) is 0.222. The minimum Gasteiger partial charge on any atom is -0.368 e. The lowest BCUT2D eigenvalue weighted by molar-refractivity contribution is 1.04. The highest BCUT2D eigenvalue weighted by atomic mass is 15.2. The molecule has 2 rings (SSSR count). The molecule has 0 saturated carbocycles. The summed E-state index contributed by atoms with van der Waals surface area (Å²) in [7, 11) is 0. The molecule has 2 aromatic rings. The second-order valence-electron chi connectivity index (χ2n) is 3.32. The van der Waals surface area contributed by atoms with Crippen molar-refractivity contribution in [3.05, 3.63) is 23.5 Å². The van der Waals surface area contributed by atoms with E-state index in [9.17, 15) is 0 Å². The van der Waals surface area contributed by atoms with Gasteiger partial charge in [-0.2, -0.15) is 10.1 Å². The van der Waals surface area contributed by atoms with Gasteiger partial charge in [-0.05, 0) is 13.8 Å². The number of hydrogen-bond donors (Lipinski definition) is 3. The largest absolute Gasteiger partial charge is 0.368 e. The number of anilines is 3. The van der Waals surface area contributed by atoms with Crippen molar-refractivity contribution in [2.45, 2.75) is 13.8 Å². The molecular weight excluding hydrogens is 192 g/mol. The predicted molar refractivity (Wildman–Crippen MR) is 57.8 cm³/mol. The van der Waals surface area contributed by atoms with E-state index in [1.807, 2.05) is 19.9 Å². The first-order valence-corrected chi connectivity index (χ1v) is 4.53. The van der Waals surface area contributed by atoms with Crippen LogP contribution in [0.2, 0.25) is 0 Å². The van der Waals surface area contributed by atoms with Gasteiger partial charge in [0.15, 0.2) is 5.82 Å². The number of aromatic nitrogens is 4. The summed E-state index contributed by atoms with van der Waals surface area (Å²) in [5.41, 5.74) is 7.40. The molecule has 6 nitrogen and oxygen atoms in total. The van der Waals surface area contributed by atoms with Gasteiger partial charge >= 0.3 is 0 Å². The van der Waals surface area contributed by atoms with Crippen molar-refractivity contribution in [2.75, 3.05) is 11.1 Å². The zero-order valence-corrected chi connectivity index (χ0v) is 8.57. The van der Waals surface area contributed by atoms with Gasteiger partial charge in [0, 0.05) is 23.5 Å². The third-order valence-electron chi connectivity index (χ3n) is 1.94. The number of hydrogen-bond acceptors (Lipinski definition) is 5. The number of nitrogen functional groups attached to an aromatic ring is 1. The molecule has 15 heavy (non-hydrogen) atoms. The number of rotatable bonds is 2. The molecule has 78 valence electrons. The predicted octanol–water partition coefficient (Wildman–Crippen LogP) is 1.14. The number of nitrogens with zero attached hydrogens (tertiary/aromatic N) is 3. The summed E-state index contributed by atoms with van der Waals surface area (Å²) in [5, 5.41) is 9.94. The Morgan fingerprint density at radius 2 is 2.20 bits per heavy atom. The van der Waals surface area contributed by atoms with Crippen LogP contribution in [0.4, 0.5) is 17.6 Å². The maximum Gasteiger partial charge on any atom is 0.221 e. The number of aryl methyl sites for hydroxylation is 2. The Bertz CT molecular complexity index is 475. The van der Waals surface area contributed by atoms with E-state index >= 15 is 0 Å². The van der Waals surface area contributed by atoms with Crippen molar-refractivity contribution in [1.29, 1.82) is 0 Å². The van der Waals surface area contributed by atoms with Crippen molar-refractivity contribution in [3.8, 4) is 0 Å². The van der Waals surface area contributed by atoms with Gasteiger partial charge in [-0.15, -0.1) is 0 Å². The Hall–Kier alpha value is -2.11. The highest BCUT2D eigenvalue weighted by molar-refractivity contribution is 5.56. The monoisotopic (exact) mass is 204 g/mol. The first kappa shape index (κ1) is 9.45. The molecule has 0 radical (unpaired) electrons. The van der Waals surface area contributed by atoms with Crippen LogP contribution in [-0.4, -0.2) is 20.2 Å². The quantitative estimate of drug-likeness (QED) is 0.682. The number of H-pyrrole nitrogens is 1. The van der Waals surface area contributed by atoms with Crippen LogP contribution in [0.1, 0.15) is 11.3 Å². The van der Waals surface area contributed by atoms with Crippen molar-refractivity contribution < 1.29 is 0 Å². The summed E-state index contributed by atoms with van der Waals surface area (Å²) < 4.78 is 0. The van der Waals surface area contributed by atoms with E-state index in [1.165, 1.54) is 0 Å². The van der Waals surface area contributed by atoms with Crippen molar-refractivity contribution in [3.63, 3.8) is 0 Å². The van der Waals surface area contributed by atoms with Crippen LogP contribution in [-0.2, 0) is 0 Å². The smallest absolute Gasteiger partial charge is 0.221 e. The average molecular weight is 204 g/mol. The zero-order chi connectivity index (χ0) is 10.8. The third-order valence-corrected chi connectivity index (χ3v) is 1.94. The van der Waals surface area contributed by atoms with E-state index in [0.717, 1.165) is 11.3 Å². The molecular formula is C9H12N6. The number of nitrogens with one attached hydrogen (secondary N) is 2. The molecule has 0 aromatic carbocycles. The minimum atomic E-state index is 0.246. The molecule has 0 saturated heterocycles. The number of nitrogens with two attached hydrogens (primary N) is 1. The Morgan fingerprint density at radius 3 is 2.87 bits per heavy atom. The maximum atomic E-state index is 5.50. The summed E-state index contributed by atoms with van der Waals surface area (Å²) in [6, 6.07) is 1.89. The van der Waals surface area contributed by atoms with Crippen LogP contribution < -0.4 is 11.1 Å². The van der Waals surface area contributed by atoms with E-state index in [4.69, 9.17) is 5.73 Å². The second kappa shape index (κ2) is 3.56. The molecule has 0 fully saturated rings. The molecule has 4 N–H and O–H groups in total.